The SMILES string of the molecule is Cc1csc2c(NCc3cccs3)c(Br)nnc12. The Labute approximate surface area is 121 Å². The summed E-state index contributed by atoms with van der Waals surface area (Å²) < 4.78 is 1.93. The minimum Gasteiger partial charge on any atom is -0.377 e. The van der Waals surface area contributed by atoms with E-state index in [1.807, 2.05) is 0 Å². The van der Waals surface area contributed by atoms with E-state index in [0.717, 1.165) is 27.1 Å². The van der Waals surface area contributed by atoms with E-state index in [9.17, 15) is 0 Å². The van der Waals surface area contributed by atoms with Gasteiger partial charge in [0.1, 0.15) is 5.52 Å². The summed E-state index contributed by atoms with van der Waals surface area (Å²) in [5, 5.41) is 16.0. The molecule has 18 heavy (non-hydrogen) atoms. The van der Waals surface area contributed by atoms with Crippen LogP contribution in [-0.4, -0.2) is 10.2 Å². The molecule has 0 aromatic carbocycles. The third kappa shape index (κ3) is 2.15. The van der Waals surface area contributed by atoms with Crippen LogP contribution in [0.4, 0.5) is 5.69 Å². The zero-order valence-electron chi connectivity index (χ0n) is 9.61. The van der Waals surface area contributed by atoms with Crippen LogP contribution in [0.5, 0.6) is 0 Å². The molecule has 3 heterocycles. The molecule has 0 aliphatic heterocycles. The number of fused-ring (bicyclic) bond motifs is 1. The number of nitrogens with one attached hydrogen (secondary N) is 1. The van der Waals surface area contributed by atoms with Gasteiger partial charge < -0.3 is 5.32 Å². The number of hydrogen-bond donors (Lipinski definition) is 1. The summed E-state index contributed by atoms with van der Waals surface area (Å²) in [5.41, 5.74) is 3.19. The minimum absolute atomic E-state index is 0.772. The number of aromatic nitrogens is 2. The van der Waals surface area contributed by atoms with E-state index in [0.29, 0.717) is 0 Å². The zero-order chi connectivity index (χ0) is 12.5. The van der Waals surface area contributed by atoms with Gasteiger partial charge in [-0.2, -0.15) is 0 Å². The van der Waals surface area contributed by atoms with Crippen LogP contribution in [0.2, 0.25) is 0 Å². The van der Waals surface area contributed by atoms with Gasteiger partial charge in [-0.3, -0.25) is 0 Å². The molecule has 0 atom stereocenters. The first kappa shape index (κ1) is 12.1. The topological polar surface area (TPSA) is 37.8 Å². The molecule has 1 N–H and O–H groups in total. The van der Waals surface area contributed by atoms with E-state index in [1.165, 1.54) is 10.4 Å². The zero-order valence-corrected chi connectivity index (χ0v) is 12.8. The molecule has 3 aromatic rings. The predicted octanol–water partition coefficient (Wildman–Crippen LogP) is 4.44. The molecule has 92 valence electrons. The lowest BCUT2D eigenvalue weighted by molar-refractivity contribution is 1.04. The number of halogens is 1. The van der Waals surface area contributed by atoms with Gasteiger partial charge in [-0.1, -0.05) is 6.07 Å². The molecule has 0 aliphatic carbocycles. The second-order valence-corrected chi connectivity index (χ2v) is 6.56. The Morgan fingerprint density at radius 3 is 3.00 bits per heavy atom. The molecule has 0 bridgehead atoms. The summed E-state index contributed by atoms with van der Waals surface area (Å²) in [6.45, 7) is 2.87. The fourth-order valence-corrected chi connectivity index (χ4v) is 3.92. The molecular weight excluding hydrogens is 330 g/mol. The maximum absolute atomic E-state index is 4.22. The Morgan fingerprint density at radius 1 is 1.33 bits per heavy atom. The molecule has 0 radical (unpaired) electrons. The summed E-state index contributed by atoms with van der Waals surface area (Å²) in [5.74, 6) is 0. The molecule has 3 rings (SSSR count). The predicted molar refractivity (Wildman–Crippen MR) is 81.5 cm³/mol. The first-order chi connectivity index (χ1) is 8.75. The number of thiophene rings is 2. The molecular formula is C12H10BrN3S2. The molecule has 3 nitrogen and oxygen atoms in total. The van der Waals surface area contributed by atoms with Crippen molar-refractivity contribution in [3.8, 4) is 0 Å². The van der Waals surface area contributed by atoms with Crippen molar-refractivity contribution < 1.29 is 0 Å². The number of aryl methyl sites for hydroxylation is 1. The summed E-state index contributed by atoms with van der Waals surface area (Å²) in [6, 6.07) is 4.18. The fraction of sp³-hybridized carbons (Fsp3) is 0.167. The van der Waals surface area contributed by atoms with Gasteiger partial charge in [0, 0.05) is 11.4 Å². The highest BCUT2D eigenvalue weighted by molar-refractivity contribution is 9.10. The van der Waals surface area contributed by atoms with Crippen LogP contribution in [0, 0.1) is 6.92 Å². The van der Waals surface area contributed by atoms with Crippen molar-refractivity contribution in [3.05, 3.63) is 37.9 Å². The molecule has 3 aromatic heterocycles. The van der Waals surface area contributed by atoms with E-state index in [4.69, 9.17) is 0 Å². The van der Waals surface area contributed by atoms with Gasteiger partial charge in [-0.25, -0.2) is 0 Å². The summed E-state index contributed by atoms with van der Waals surface area (Å²) in [6.07, 6.45) is 0. The highest BCUT2D eigenvalue weighted by Gasteiger charge is 2.12. The van der Waals surface area contributed by atoms with Gasteiger partial charge in [0.25, 0.3) is 0 Å². The Morgan fingerprint density at radius 2 is 2.22 bits per heavy atom. The number of rotatable bonds is 3. The largest absolute Gasteiger partial charge is 0.377 e. The van der Waals surface area contributed by atoms with Gasteiger partial charge in [0.2, 0.25) is 0 Å². The van der Waals surface area contributed by atoms with Crippen molar-refractivity contribution in [1.82, 2.24) is 10.2 Å². The second kappa shape index (κ2) is 4.95. The van der Waals surface area contributed by atoms with Crippen molar-refractivity contribution >= 4 is 54.5 Å². The number of hydrogen-bond acceptors (Lipinski definition) is 5. The maximum atomic E-state index is 4.22. The highest BCUT2D eigenvalue weighted by Crippen LogP contribution is 2.34. The van der Waals surface area contributed by atoms with Crippen LogP contribution in [0.3, 0.4) is 0 Å². The average Bonchev–Trinajstić information content (AvgIpc) is 2.98. The summed E-state index contributed by atoms with van der Waals surface area (Å²) in [7, 11) is 0. The molecule has 0 amide bonds. The van der Waals surface area contributed by atoms with E-state index in [-0.39, 0.29) is 0 Å². The van der Waals surface area contributed by atoms with Gasteiger partial charge in [-0.15, -0.1) is 32.9 Å². The van der Waals surface area contributed by atoms with Crippen LogP contribution < -0.4 is 5.32 Å². The fourth-order valence-electron chi connectivity index (χ4n) is 1.72. The van der Waals surface area contributed by atoms with Gasteiger partial charge in [0.05, 0.1) is 10.4 Å². The summed E-state index contributed by atoms with van der Waals surface area (Å²) in [4.78, 5) is 1.31. The first-order valence-electron chi connectivity index (χ1n) is 5.42. The van der Waals surface area contributed by atoms with Crippen LogP contribution in [-0.2, 0) is 6.54 Å². The average molecular weight is 340 g/mol. The monoisotopic (exact) mass is 339 g/mol. The first-order valence-corrected chi connectivity index (χ1v) is 7.97. The summed E-state index contributed by atoms with van der Waals surface area (Å²) >= 11 is 6.91. The van der Waals surface area contributed by atoms with Gasteiger partial charge in [-0.05, 0) is 45.2 Å². The van der Waals surface area contributed by atoms with Crippen LogP contribution >= 0.6 is 38.6 Å². The Kier molecular flexibility index (Phi) is 3.32. The molecule has 0 saturated heterocycles. The Bertz CT molecular complexity index is 676. The van der Waals surface area contributed by atoms with E-state index in [2.05, 4.69) is 61.3 Å². The third-order valence-electron chi connectivity index (χ3n) is 2.63. The van der Waals surface area contributed by atoms with Crippen molar-refractivity contribution in [2.45, 2.75) is 13.5 Å². The van der Waals surface area contributed by atoms with Gasteiger partial charge >= 0.3 is 0 Å². The lowest BCUT2D eigenvalue weighted by Crippen LogP contribution is -2.00. The number of anilines is 1. The van der Waals surface area contributed by atoms with Crippen LogP contribution in [0.15, 0.2) is 27.5 Å². The van der Waals surface area contributed by atoms with E-state index < -0.39 is 0 Å². The lowest BCUT2D eigenvalue weighted by atomic mass is 10.3. The van der Waals surface area contributed by atoms with Crippen molar-refractivity contribution in [3.63, 3.8) is 0 Å². The standard InChI is InChI=1S/C12H10BrN3S2/c1-7-6-18-11-9(7)15-16-12(13)10(11)14-5-8-3-2-4-17-8/h2-4,6H,5H2,1H3,(H,14,15). The van der Waals surface area contributed by atoms with E-state index >= 15 is 0 Å². The smallest absolute Gasteiger partial charge is 0.153 e. The maximum Gasteiger partial charge on any atom is 0.153 e. The Balaban J connectivity index is 1.97. The normalized spacial score (nSPS) is 11.0. The van der Waals surface area contributed by atoms with E-state index in [1.54, 1.807) is 22.7 Å². The Hall–Kier alpha value is -0.980. The minimum atomic E-state index is 0.772. The third-order valence-corrected chi connectivity index (χ3v) is 5.17. The highest BCUT2D eigenvalue weighted by atomic mass is 79.9. The molecule has 0 aliphatic rings. The molecule has 6 heteroatoms. The van der Waals surface area contributed by atoms with Crippen molar-refractivity contribution in [1.29, 1.82) is 0 Å². The van der Waals surface area contributed by atoms with Gasteiger partial charge in [0.15, 0.2) is 4.60 Å². The van der Waals surface area contributed by atoms with Crippen molar-refractivity contribution in [2.75, 3.05) is 5.32 Å². The number of nitrogens with zero attached hydrogens (tertiary/aromatic N) is 2. The second-order valence-electron chi connectivity index (χ2n) is 3.90. The molecule has 0 saturated carbocycles. The quantitative estimate of drug-likeness (QED) is 0.766. The van der Waals surface area contributed by atoms with Crippen LogP contribution in [0.25, 0.3) is 10.2 Å². The molecule has 0 fully saturated rings. The molecule has 0 unspecified atom stereocenters. The van der Waals surface area contributed by atoms with Crippen molar-refractivity contribution in [2.24, 2.45) is 0 Å². The molecule has 0 spiro atoms. The lowest BCUT2D eigenvalue weighted by Gasteiger charge is -2.07. The van der Waals surface area contributed by atoms with Crippen LogP contribution in [0.1, 0.15) is 10.4 Å².